The molecular formula is C10H16BrO2-. The summed E-state index contributed by atoms with van der Waals surface area (Å²) in [6.07, 6.45) is 1.71. The van der Waals surface area contributed by atoms with Crippen LogP contribution < -0.4 is 5.11 Å². The molecule has 0 aliphatic heterocycles. The molecule has 13 heavy (non-hydrogen) atoms. The van der Waals surface area contributed by atoms with Crippen molar-refractivity contribution in [2.75, 3.05) is 5.33 Å². The van der Waals surface area contributed by atoms with Crippen LogP contribution in [0.1, 0.15) is 33.6 Å². The highest BCUT2D eigenvalue weighted by atomic mass is 79.9. The van der Waals surface area contributed by atoms with E-state index in [0.717, 1.165) is 18.2 Å². The van der Waals surface area contributed by atoms with E-state index in [2.05, 4.69) is 15.9 Å². The van der Waals surface area contributed by atoms with Gasteiger partial charge < -0.3 is 9.90 Å². The Kier molecular flexibility index (Phi) is 2.77. The van der Waals surface area contributed by atoms with Crippen molar-refractivity contribution in [1.82, 2.24) is 0 Å². The van der Waals surface area contributed by atoms with Gasteiger partial charge in [0.2, 0.25) is 0 Å². The standard InChI is InChI=1S/C10H17BrO2/c1-9(2)7(6-11)4-5-10(9,3)8(12)13/h7H,4-6H2,1-3H3,(H,12,13)/p-1/t7-,10-/m0/s1. The number of carboxylic acid groups (broad SMARTS) is 1. The van der Waals surface area contributed by atoms with Crippen molar-refractivity contribution in [2.45, 2.75) is 33.6 Å². The van der Waals surface area contributed by atoms with Crippen molar-refractivity contribution in [1.29, 1.82) is 0 Å². The molecule has 0 unspecified atom stereocenters. The van der Waals surface area contributed by atoms with E-state index in [1.807, 2.05) is 20.8 Å². The second-order valence-electron chi connectivity index (χ2n) is 4.73. The van der Waals surface area contributed by atoms with Gasteiger partial charge in [0.15, 0.2) is 0 Å². The van der Waals surface area contributed by atoms with Crippen LogP contribution >= 0.6 is 15.9 Å². The van der Waals surface area contributed by atoms with Crippen molar-refractivity contribution in [3.63, 3.8) is 0 Å². The Labute approximate surface area is 87.8 Å². The molecule has 0 radical (unpaired) electrons. The fourth-order valence-electron chi connectivity index (χ4n) is 2.23. The van der Waals surface area contributed by atoms with Gasteiger partial charge in [-0.25, -0.2) is 0 Å². The summed E-state index contributed by atoms with van der Waals surface area (Å²) in [5, 5.41) is 12.0. The molecule has 3 heteroatoms. The molecule has 0 spiro atoms. The molecule has 1 rings (SSSR count). The molecule has 0 N–H and O–H groups in total. The van der Waals surface area contributed by atoms with Gasteiger partial charge in [0.25, 0.3) is 0 Å². The first kappa shape index (κ1) is 11.0. The number of carboxylic acids is 1. The van der Waals surface area contributed by atoms with Crippen molar-refractivity contribution in [3.05, 3.63) is 0 Å². The summed E-state index contributed by atoms with van der Waals surface area (Å²) < 4.78 is 0. The van der Waals surface area contributed by atoms with E-state index in [-0.39, 0.29) is 5.41 Å². The number of halogens is 1. The minimum atomic E-state index is -0.902. The minimum absolute atomic E-state index is 0.171. The van der Waals surface area contributed by atoms with E-state index in [1.54, 1.807) is 0 Å². The number of hydrogen-bond acceptors (Lipinski definition) is 2. The van der Waals surface area contributed by atoms with E-state index in [0.29, 0.717) is 5.92 Å². The Morgan fingerprint density at radius 2 is 2.08 bits per heavy atom. The maximum absolute atomic E-state index is 11.1. The lowest BCUT2D eigenvalue weighted by Crippen LogP contribution is -2.48. The molecule has 2 atom stereocenters. The topological polar surface area (TPSA) is 40.1 Å². The van der Waals surface area contributed by atoms with Crippen molar-refractivity contribution in [2.24, 2.45) is 16.7 Å². The molecule has 0 saturated heterocycles. The molecule has 0 bridgehead atoms. The summed E-state index contributed by atoms with van der Waals surface area (Å²) in [6, 6.07) is 0. The Bertz CT molecular complexity index is 225. The van der Waals surface area contributed by atoms with Crippen LogP contribution in [-0.2, 0) is 4.79 Å². The zero-order chi connectivity index (χ0) is 10.3. The number of carbonyl (C=O) groups excluding carboxylic acids is 1. The summed E-state index contributed by atoms with van der Waals surface area (Å²) in [5.74, 6) is -0.462. The lowest BCUT2D eigenvalue weighted by molar-refractivity contribution is -0.323. The van der Waals surface area contributed by atoms with Gasteiger partial charge in [0, 0.05) is 16.7 Å². The van der Waals surface area contributed by atoms with Gasteiger partial charge in [-0.3, -0.25) is 0 Å². The fourth-order valence-corrected chi connectivity index (χ4v) is 3.36. The van der Waals surface area contributed by atoms with Gasteiger partial charge in [-0.1, -0.05) is 36.7 Å². The minimum Gasteiger partial charge on any atom is -0.550 e. The average Bonchev–Trinajstić information content (AvgIpc) is 2.25. The predicted molar refractivity (Wildman–Crippen MR) is 53.4 cm³/mol. The van der Waals surface area contributed by atoms with Gasteiger partial charge >= 0.3 is 0 Å². The zero-order valence-electron chi connectivity index (χ0n) is 8.39. The SMILES string of the molecule is CC1(C)[C@H](CBr)CC[C@@]1(C)C(=O)[O-]. The van der Waals surface area contributed by atoms with E-state index in [4.69, 9.17) is 0 Å². The lowest BCUT2D eigenvalue weighted by atomic mass is 9.66. The van der Waals surface area contributed by atoms with Crippen LogP contribution in [0.3, 0.4) is 0 Å². The molecule has 1 saturated carbocycles. The van der Waals surface area contributed by atoms with Gasteiger partial charge in [0.1, 0.15) is 0 Å². The fraction of sp³-hybridized carbons (Fsp3) is 0.900. The Balaban J connectivity index is 2.99. The highest BCUT2D eigenvalue weighted by Gasteiger charge is 2.51. The summed E-state index contributed by atoms with van der Waals surface area (Å²) in [4.78, 5) is 11.1. The van der Waals surface area contributed by atoms with Crippen LogP contribution in [0.2, 0.25) is 0 Å². The van der Waals surface area contributed by atoms with Crippen molar-refractivity contribution < 1.29 is 9.90 Å². The summed E-state index contributed by atoms with van der Waals surface area (Å²) in [5.41, 5.74) is -0.833. The Hall–Kier alpha value is -0.0500. The molecule has 0 aromatic heterocycles. The first-order valence-electron chi connectivity index (χ1n) is 4.63. The highest BCUT2D eigenvalue weighted by molar-refractivity contribution is 9.09. The summed E-state index contributed by atoms with van der Waals surface area (Å²) in [6.45, 7) is 5.87. The monoisotopic (exact) mass is 247 g/mol. The molecule has 1 aliphatic rings. The van der Waals surface area contributed by atoms with Crippen LogP contribution in [-0.4, -0.2) is 11.3 Å². The van der Waals surface area contributed by atoms with Gasteiger partial charge in [-0.2, -0.15) is 0 Å². The third kappa shape index (κ3) is 1.41. The molecule has 0 aromatic rings. The third-order valence-electron chi connectivity index (χ3n) is 4.07. The van der Waals surface area contributed by atoms with E-state index in [9.17, 15) is 9.90 Å². The molecule has 0 amide bonds. The molecule has 0 heterocycles. The molecule has 0 aromatic carbocycles. The number of aliphatic carboxylic acids is 1. The first-order valence-corrected chi connectivity index (χ1v) is 5.76. The third-order valence-corrected chi connectivity index (χ3v) is 4.85. The largest absolute Gasteiger partial charge is 0.550 e. The predicted octanol–water partition coefficient (Wildman–Crippen LogP) is 1.57. The smallest absolute Gasteiger partial charge is 0.0478 e. The van der Waals surface area contributed by atoms with Crippen LogP contribution in [0.25, 0.3) is 0 Å². The number of carbonyl (C=O) groups is 1. The lowest BCUT2D eigenvalue weighted by Gasteiger charge is -2.42. The summed E-state index contributed by atoms with van der Waals surface area (Å²) >= 11 is 3.44. The average molecular weight is 248 g/mol. The highest BCUT2D eigenvalue weighted by Crippen LogP contribution is 2.55. The van der Waals surface area contributed by atoms with E-state index >= 15 is 0 Å². The van der Waals surface area contributed by atoms with Crippen LogP contribution in [0.5, 0.6) is 0 Å². The quantitative estimate of drug-likeness (QED) is 0.696. The zero-order valence-corrected chi connectivity index (χ0v) is 9.98. The number of rotatable bonds is 2. The maximum atomic E-state index is 11.1. The Morgan fingerprint density at radius 3 is 2.31 bits per heavy atom. The molecule has 1 fully saturated rings. The normalized spacial score (nSPS) is 37.7. The molecule has 76 valence electrons. The summed E-state index contributed by atoms with van der Waals surface area (Å²) in [7, 11) is 0. The van der Waals surface area contributed by atoms with Crippen LogP contribution in [0, 0.1) is 16.7 Å². The first-order chi connectivity index (χ1) is 5.86. The molecular weight excluding hydrogens is 232 g/mol. The van der Waals surface area contributed by atoms with Gasteiger partial charge in [-0.05, 0) is 24.2 Å². The van der Waals surface area contributed by atoms with Crippen LogP contribution in [0.4, 0.5) is 0 Å². The van der Waals surface area contributed by atoms with Crippen molar-refractivity contribution >= 4 is 21.9 Å². The van der Waals surface area contributed by atoms with Crippen LogP contribution in [0.15, 0.2) is 0 Å². The second-order valence-corrected chi connectivity index (χ2v) is 5.38. The Morgan fingerprint density at radius 1 is 1.54 bits per heavy atom. The van der Waals surface area contributed by atoms with E-state index < -0.39 is 11.4 Å². The number of hydrogen-bond donors (Lipinski definition) is 0. The number of alkyl halides is 1. The molecule has 2 nitrogen and oxygen atoms in total. The van der Waals surface area contributed by atoms with Crippen molar-refractivity contribution in [3.8, 4) is 0 Å². The van der Waals surface area contributed by atoms with Gasteiger partial charge in [-0.15, -0.1) is 0 Å². The van der Waals surface area contributed by atoms with E-state index in [1.165, 1.54) is 0 Å². The maximum Gasteiger partial charge on any atom is 0.0478 e. The molecule has 1 aliphatic carbocycles. The van der Waals surface area contributed by atoms with Gasteiger partial charge in [0.05, 0.1) is 0 Å². The second kappa shape index (κ2) is 3.26.